The van der Waals surface area contributed by atoms with Crippen LogP contribution in [-0.2, 0) is 11.3 Å². The van der Waals surface area contributed by atoms with E-state index in [4.69, 9.17) is 9.72 Å². The average Bonchev–Trinajstić information content (AvgIpc) is 3.44. The Labute approximate surface area is 220 Å². The Morgan fingerprint density at radius 1 is 1.00 bits per heavy atom. The normalized spacial score (nSPS) is 15.8. The fourth-order valence-electron chi connectivity index (χ4n) is 5.51. The molecule has 0 radical (unpaired) electrons. The van der Waals surface area contributed by atoms with E-state index in [-0.39, 0.29) is 11.8 Å². The minimum atomic E-state index is 0.0785. The predicted molar refractivity (Wildman–Crippen MR) is 151 cm³/mol. The summed E-state index contributed by atoms with van der Waals surface area (Å²) in [4.78, 5) is 20.1. The van der Waals surface area contributed by atoms with Gasteiger partial charge in [0, 0.05) is 31.1 Å². The molecule has 192 valence electrons. The molecule has 0 bridgehead atoms. The van der Waals surface area contributed by atoms with Gasteiger partial charge in [-0.3, -0.25) is 4.79 Å². The third-order valence-electron chi connectivity index (χ3n) is 7.39. The molecule has 2 heterocycles. The van der Waals surface area contributed by atoms with Crippen LogP contribution in [0.4, 0.5) is 5.69 Å². The molecule has 0 saturated carbocycles. The molecule has 1 fully saturated rings. The highest BCUT2D eigenvalue weighted by Crippen LogP contribution is 2.35. The number of carbonyl (C=O) groups excluding carboxylic acids is 1. The molecule has 1 atom stereocenters. The van der Waals surface area contributed by atoms with Gasteiger partial charge < -0.3 is 14.2 Å². The monoisotopic (exact) mass is 495 g/mol. The van der Waals surface area contributed by atoms with Crippen LogP contribution in [0.25, 0.3) is 11.0 Å². The minimum absolute atomic E-state index is 0.0785. The molecule has 0 spiro atoms. The van der Waals surface area contributed by atoms with Gasteiger partial charge in [-0.2, -0.15) is 0 Å². The van der Waals surface area contributed by atoms with E-state index in [0.717, 1.165) is 53.2 Å². The Kier molecular flexibility index (Phi) is 7.31. The number of aryl methyl sites for hydroxylation is 3. The second-order valence-electron chi connectivity index (χ2n) is 10.6. The summed E-state index contributed by atoms with van der Waals surface area (Å²) in [5, 5.41) is 0. The summed E-state index contributed by atoms with van der Waals surface area (Å²) in [7, 11) is 0. The number of rotatable bonds is 9. The highest BCUT2D eigenvalue weighted by Gasteiger charge is 2.35. The van der Waals surface area contributed by atoms with E-state index in [2.05, 4.69) is 86.9 Å². The largest absolute Gasteiger partial charge is 0.493 e. The van der Waals surface area contributed by atoms with Gasteiger partial charge in [0.1, 0.15) is 11.6 Å². The molecule has 3 aromatic carbocycles. The Morgan fingerprint density at radius 3 is 2.59 bits per heavy atom. The summed E-state index contributed by atoms with van der Waals surface area (Å²) in [6.45, 7) is 10.8. The standard InChI is InChI=1S/C32H37N3O2/c1-22(2)26-11-5-8-14-30(26)37-18-10-9-17-34-29-13-7-6-12-27(29)33-32(34)25-20-31(36)35(21-25)28-16-15-23(3)19-24(28)4/h5-8,11-16,19,22,25H,9-10,17-18,20-21H2,1-4H3. The van der Waals surface area contributed by atoms with Gasteiger partial charge in [-0.25, -0.2) is 4.98 Å². The van der Waals surface area contributed by atoms with Crippen molar-refractivity contribution in [2.75, 3.05) is 18.1 Å². The third kappa shape index (κ3) is 5.27. The number of aromatic nitrogens is 2. The van der Waals surface area contributed by atoms with Crippen molar-refractivity contribution in [3.63, 3.8) is 0 Å². The maximum Gasteiger partial charge on any atom is 0.227 e. The van der Waals surface area contributed by atoms with Crippen LogP contribution in [0.3, 0.4) is 0 Å². The average molecular weight is 496 g/mol. The molecule has 1 aliphatic rings. The number of unbranched alkanes of at least 4 members (excludes halogenated alkanes) is 1. The lowest BCUT2D eigenvalue weighted by Crippen LogP contribution is -2.25. The number of carbonyl (C=O) groups is 1. The number of benzene rings is 3. The number of hydrogen-bond donors (Lipinski definition) is 0. The van der Waals surface area contributed by atoms with Crippen molar-refractivity contribution in [1.82, 2.24) is 9.55 Å². The number of amides is 1. The predicted octanol–water partition coefficient (Wildman–Crippen LogP) is 7.16. The topological polar surface area (TPSA) is 47.4 Å². The van der Waals surface area contributed by atoms with Crippen LogP contribution in [0.2, 0.25) is 0 Å². The second-order valence-corrected chi connectivity index (χ2v) is 10.6. The molecule has 1 aromatic heterocycles. The van der Waals surface area contributed by atoms with Crippen molar-refractivity contribution in [2.45, 2.75) is 65.3 Å². The number of nitrogens with zero attached hydrogens (tertiary/aromatic N) is 3. The number of imidazole rings is 1. The molecule has 1 saturated heterocycles. The summed E-state index contributed by atoms with van der Waals surface area (Å²) in [5.41, 5.74) is 6.76. The molecule has 0 aliphatic carbocycles. The summed E-state index contributed by atoms with van der Waals surface area (Å²) >= 11 is 0. The third-order valence-corrected chi connectivity index (χ3v) is 7.39. The van der Waals surface area contributed by atoms with Gasteiger partial charge >= 0.3 is 0 Å². The van der Waals surface area contributed by atoms with Crippen molar-refractivity contribution >= 4 is 22.6 Å². The zero-order valence-corrected chi connectivity index (χ0v) is 22.4. The molecule has 0 N–H and O–H groups in total. The zero-order chi connectivity index (χ0) is 25.9. The molecular formula is C32H37N3O2. The van der Waals surface area contributed by atoms with Gasteiger partial charge in [-0.05, 0) is 68.0 Å². The van der Waals surface area contributed by atoms with Gasteiger partial charge in [0.05, 0.1) is 17.6 Å². The highest BCUT2D eigenvalue weighted by molar-refractivity contribution is 5.97. The first-order valence-corrected chi connectivity index (χ1v) is 13.5. The number of fused-ring (bicyclic) bond motifs is 1. The van der Waals surface area contributed by atoms with Crippen LogP contribution in [0.15, 0.2) is 66.7 Å². The minimum Gasteiger partial charge on any atom is -0.493 e. The molecule has 1 amide bonds. The molecule has 5 nitrogen and oxygen atoms in total. The summed E-state index contributed by atoms with van der Waals surface area (Å²) < 4.78 is 8.49. The Balaban J connectivity index is 1.30. The zero-order valence-electron chi connectivity index (χ0n) is 22.4. The molecule has 1 unspecified atom stereocenters. The maximum absolute atomic E-state index is 13.1. The summed E-state index contributed by atoms with van der Waals surface area (Å²) in [6.07, 6.45) is 2.43. The van der Waals surface area contributed by atoms with Crippen molar-refractivity contribution < 1.29 is 9.53 Å². The van der Waals surface area contributed by atoms with E-state index >= 15 is 0 Å². The molecular weight excluding hydrogens is 458 g/mol. The fourth-order valence-corrected chi connectivity index (χ4v) is 5.51. The van der Waals surface area contributed by atoms with Gasteiger partial charge in [-0.15, -0.1) is 0 Å². The summed E-state index contributed by atoms with van der Waals surface area (Å²) in [6, 6.07) is 22.9. The molecule has 1 aliphatic heterocycles. The van der Waals surface area contributed by atoms with Crippen LogP contribution in [0.5, 0.6) is 5.75 Å². The van der Waals surface area contributed by atoms with Crippen molar-refractivity contribution in [3.05, 3.63) is 89.2 Å². The van der Waals surface area contributed by atoms with E-state index < -0.39 is 0 Å². The smallest absolute Gasteiger partial charge is 0.227 e. The highest BCUT2D eigenvalue weighted by atomic mass is 16.5. The van der Waals surface area contributed by atoms with E-state index in [9.17, 15) is 4.79 Å². The van der Waals surface area contributed by atoms with Gasteiger partial charge in [-0.1, -0.05) is 61.9 Å². The number of para-hydroxylation sites is 3. The van der Waals surface area contributed by atoms with Crippen molar-refractivity contribution in [2.24, 2.45) is 0 Å². The lowest BCUT2D eigenvalue weighted by Gasteiger charge is -2.20. The first-order chi connectivity index (χ1) is 17.9. The maximum atomic E-state index is 13.1. The number of ether oxygens (including phenoxy) is 1. The van der Waals surface area contributed by atoms with Crippen LogP contribution in [0, 0.1) is 13.8 Å². The first kappa shape index (κ1) is 25.1. The SMILES string of the molecule is Cc1ccc(N2CC(c3nc4ccccc4n3CCCCOc3ccccc3C(C)C)CC2=O)c(C)c1. The van der Waals surface area contributed by atoms with E-state index in [1.54, 1.807) is 0 Å². The van der Waals surface area contributed by atoms with Gasteiger partial charge in [0.15, 0.2) is 0 Å². The first-order valence-electron chi connectivity index (χ1n) is 13.5. The molecule has 5 heteroatoms. The van der Waals surface area contributed by atoms with E-state index in [1.807, 2.05) is 17.0 Å². The van der Waals surface area contributed by atoms with E-state index in [0.29, 0.717) is 25.5 Å². The Hall–Kier alpha value is -3.60. The molecule has 5 rings (SSSR count). The number of hydrogen-bond acceptors (Lipinski definition) is 3. The van der Waals surface area contributed by atoms with Gasteiger partial charge in [0.2, 0.25) is 5.91 Å². The van der Waals surface area contributed by atoms with Crippen molar-refractivity contribution in [1.29, 1.82) is 0 Å². The lowest BCUT2D eigenvalue weighted by atomic mass is 10.0. The Morgan fingerprint density at radius 2 is 1.78 bits per heavy atom. The quantitative estimate of drug-likeness (QED) is 0.232. The molecule has 4 aromatic rings. The van der Waals surface area contributed by atoms with Gasteiger partial charge in [0.25, 0.3) is 0 Å². The van der Waals surface area contributed by atoms with Crippen LogP contribution in [0.1, 0.15) is 67.5 Å². The molecule has 37 heavy (non-hydrogen) atoms. The Bertz CT molecular complexity index is 1400. The fraction of sp³-hybridized carbons (Fsp3) is 0.375. The van der Waals surface area contributed by atoms with Crippen LogP contribution >= 0.6 is 0 Å². The van der Waals surface area contributed by atoms with Crippen LogP contribution in [-0.4, -0.2) is 28.6 Å². The number of anilines is 1. The van der Waals surface area contributed by atoms with E-state index in [1.165, 1.54) is 11.1 Å². The summed E-state index contributed by atoms with van der Waals surface area (Å²) in [5.74, 6) is 2.70. The second kappa shape index (κ2) is 10.8. The van der Waals surface area contributed by atoms with Crippen molar-refractivity contribution in [3.8, 4) is 5.75 Å². The lowest BCUT2D eigenvalue weighted by molar-refractivity contribution is -0.117. The van der Waals surface area contributed by atoms with Crippen LogP contribution < -0.4 is 9.64 Å².